The molecule has 0 amide bonds. The Morgan fingerprint density at radius 1 is 1.35 bits per heavy atom. The van der Waals surface area contributed by atoms with Crippen molar-refractivity contribution in [1.29, 1.82) is 0 Å². The molecule has 1 saturated carbocycles. The van der Waals surface area contributed by atoms with Gasteiger partial charge in [-0.25, -0.2) is 0 Å². The van der Waals surface area contributed by atoms with Crippen molar-refractivity contribution in [1.82, 2.24) is 4.98 Å². The number of methoxy groups -OCH3 is 1. The number of rotatable bonds is 4. The van der Waals surface area contributed by atoms with Crippen LogP contribution in [0.4, 0.5) is 0 Å². The molecule has 1 aromatic rings. The molecule has 0 aliphatic heterocycles. The molecule has 1 aliphatic carbocycles. The standard InChI is InChI=1S/C16H21NO3/c1-19-14-6-4-7-15(10-14)20-16-9-13(11-17-12-16)5-2-3-8-18/h9,11-12,14-15,18H,3-4,6-8,10H2,1H3. The van der Waals surface area contributed by atoms with Crippen LogP contribution in [-0.4, -0.2) is 36.0 Å². The van der Waals surface area contributed by atoms with Crippen LogP contribution >= 0.6 is 0 Å². The van der Waals surface area contributed by atoms with Crippen molar-refractivity contribution < 1.29 is 14.6 Å². The molecule has 0 spiro atoms. The number of hydrogen-bond acceptors (Lipinski definition) is 4. The quantitative estimate of drug-likeness (QED) is 0.855. The average Bonchev–Trinajstić information content (AvgIpc) is 2.48. The van der Waals surface area contributed by atoms with E-state index in [1.165, 1.54) is 0 Å². The molecule has 2 rings (SSSR count). The molecular formula is C16H21NO3. The molecule has 1 fully saturated rings. The maximum Gasteiger partial charge on any atom is 0.139 e. The van der Waals surface area contributed by atoms with Crippen LogP contribution in [0.5, 0.6) is 5.75 Å². The molecule has 1 aliphatic rings. The fraction of sp³-hybridized carbons (Fsp3) is 0.562. The molecule has 2 atom stereocenters. The Balaban J connectivity index is 1.96. The summed E-state index contributed by atoms with van der Waals surface area (Å²) in [5.41, 5.74) is 0.815. The van der Waals surface area contributed by atoms with Crippen molar-refractivity contribution in [2.24, 2.45) is 0 Å². The largest absolute Gasteiger partial charge is 0.489 e. The second kappa shape index (κ2) is 7.88. The van der Waals surface area contributed by atoms with Gasteiger partial charge in [-0.1, -0.05) is 11.8 Å². The zero-order chi connectivity index (χ0) is 14.2. The van der Waals surface area contributed by atoms with Crippen LogP contribution in [0, 0.1) is 11.8 Å². The van der Waals surface area contributed by atoms with Gasteiger partial charge in [-0.2, -0.15) is 0 Å². The van der Waals surface area contributed by atoms with Gasteiger partial charge in [-0.15, -0.1) is 0 Å². The van der Waals surface area contributed by atoms with Gasteiger partial charge in [0.2, 0.25) is 0 Å². The summed E-state index contributed by atoms with van der Waals surface area (Å²) in [5.74, 6) is 6.60. The van der Waals surface area contributed by atoms with Crippen LogP contribution in [0.25, 0.3) is 0 Å². The minimum Gasteiger partial charge on any atom is -0.489 e. The molecule has 20 heavy (non-hydrogen) atoms. The zero-order valence-corrected chi connectivity index (χ0v) is 11.8. The summed E-state index contributed by atoms with van der Waals surface area (Å²) in [6.07, 6.45) is 8.61. The van der Waals surface area contributed by atoms with Crippen molar-refractivity contribution in [2.75, 3.05) is 13.7 Å². The maximum absolute atomic E-state index is 8.71. The van der Waals surface area contributed by atoms with Crippen molar-refractivity contribution in [3.63, 3.8) is 0 Å². The Morgan fingerprint density at radius 2 is 2.20 bits per heavy atom. The van der Waals surface area contributed by atoms with Crippen LogP contribution in [0.1, 0.15) is 37.7 Å². The Labute approximate surface area is 120 Å². The van der Waals surface area contributed by atoms with Crippen LogP contribution in [-0.2, 0) is 4.74 Å². The fourth-order valence-electron chi connectivity index (χ4n) is 2.39. The molecule has 1 aromatic heterocycles. The van der Waals surface area contributed by atoms with Gasteiger partial charge in [0, 0.05) is 31.7 Å². The van der Waals surface area contributed by atoms with E-state index in [0.717, 1.165) is 37.0 Å². The van der Waals surface area contributed by atoms with E-state index in [-0.39, 0.29) is 12.7 Å². The Bertz CT molecular complexity index is 478. The highest BCUT2D eigenvalue weighted by Crippen LogP contribution is 2.25. The molecule has 1 heterocycles. The van der Waals surface area contributed by atoms with Gasteiger partial charge in [0.25, 0.3) is 0 Å². The van der Waals surface area contributed by atoms with Gasteiger partial charge in [0.15, 0.2) is 0 Å². The lowest BCUT2D eigenvalue weighted by atomic mass is 9.95. The third kappa shape index (κ3) is 4.52. The third-order valence-electron chi connectivity index (χ3n) is 3.40. The number of hydrogen-bond donors (Lipinski definition) is 1. The second-order valence-corrected chi connectivity index (χ2v) is 4.95. The third-order valence-corrected chi connectivity index (χ3v) is 3.40. The van der Waals surface area contributed by atoms with Crippen LogP contribution in [0.15, 0.2) is 18.5 Å². The zero-order valence-electron chi connectivity index (χ0n) is 11.8. The molecule has 0 bridgehead atoms. The Kier molecular flexibility index (Phi) is 5.85. The highest BCUT2D eigenvalue weighted by Gasteiger charge is 2.23. The molecule has 0 aromatic carbocycles. The minimum atomic E-state index is 0.0805. The smallest absolute Gasteiger partial charge is 0.139 e. The summed E-state index contributed by atoms with van der Waals surface area (Å²) < 4.78 is 11.4. The molecule has 0 saturated heterocycles. The van der Waals surface area contributed by atoms with E-state index in [2.05, 4.69) is 16.8 Å². The first-order valence-electron chi connectivity index (χ1n) is 7.06. The average molecular weight is 275 g/mol. The topological polar surface area (TPSA) is 51.6 Å². The van der Waals surface area contributed by atoms with Gasteiger partial charge in [0.1, 0.15) is 11.9 Å². The first kappa shape index (κ1) is 14.8. The van der Waals surface area contributed by atoms with E-state index in [1.54, 1.807) is 19.5 Å². The number of aliphatic hydroxyl groups is 1. The van der Waals surface area contributed by atoms with Crippen molar-refractivity contribution >= 4 is 0 Å². The number of ether oxygens (including phenoxy) is 2. The van der Waals surface area contributed by atoms with E-state index in [0.29, 0.717) is 12.5 Å². The van der Waals surface area contributed by atoms with E-state index < -0.39 is 0 Å². The highest BCUT2D eigenvalue weighted by atomic mass is 16.5. The van der Waals surface area contributed by atoms with Gasteiger partial charge in [-0.3, -0.25) is 4.98 Å². The first-order chi connectivity index (χ1) is 9.81. The summed E-state index contributed by atoms with van der Waals surface area (Å²) in [7, 11) is 1.76. The summed E-state index contributed by atoms with van der Waals surface area (Å²) in [4.78, 5) is 4.15. The summed E-state index contributed by atoms with van der Waals surface area (Å²) in [5, 5.41) is 8.71. The Hall–Kier alpha value is -1.57. The van der Waals surface area contributed by atoms with Crippen molar-refractivity contribution in [2.45, 2.75) is 44.3 Å². The molecule has 4 heteroatoms. The number of aromatic nitrogens is 1. The monoisotopic (exact) mass is 275 g/mol. The number of nitrogens with zero attached hydrogens (tertiary/aromatic N) is 1. The van der Waals surface area contributed by atoms with E-state index in [1.807, 2.05) is 6.07 Å². The SMILES string of the molecule is COC1CCCC(Oc2cncc(C#CCCO)c2)C1. The lowest BCUT2D eigenvalue weighted by Crippen LogP contribution is -2.29. The maximum atomic E-state index is 8.71. The predicted molar refractivity (Wildman–Crippen MR) is 76.5 cm³/mol. The summed E-state index contributed by atoms with van der Waals surface area (Å²) >= 11 is 0. The lowest BCUT2D eigenvalue weighted by molar-refractivity contribution is 0.0208. The normalized spacial score (nSPS) is 21.9. The van der Waals surface area contributed by atoms with Crippen LogP contribution in [0.3, 0.4) is 0 Å². The molecular weight excluding hydrogens is 254 g/mol. The second-order valence-electron chi connectivity index (χ2n) is 4.95. The molecule has 2 unspecified atom stereocenters. The van der Waals surface area contributed by atoms with E-state index >= 15 is 0 Å². The van der Waals surface area contributed by atoms with Crippen LogP contribution < -0.4 is 4.74 Å². The van der Waals surface area contributed by atoms with Crippen molar-refractivity contribution in [3.8, 4) is 17.6 Å². The molecule has 4 nitrogen and oxygen atoms in total. The van der Waals surface area contributed by atoms with Gasteiger partial charge in [0.05, 0.1) is 18.9 Å². The number of aliphatic hydroxyl groups excluding tert-OH is 1. The van der Waals surface area contributed by atoms with Crippen LogP contribution in [0.2, 0.25) is 0 Å². The summed E-state index contributed by atoms with van der Waals surface area (Å²) in [6, 6.07) is 1.90. The van der Waals surface area contributed by atoms with Gasteiger partial charge >= 0.3 is 0 Å². The summed E-state index contributed by atoms with van der Waals surface area (Å²) in [6.45, 7) is 0.0805. The van der Waals surface area contributed by atoms with Crippen molar-refractivity contribution in [3.05, 3.63) is 24.0 Å². The number of pyridine rings is 1. The van der Waals surface area contributed by atoms with Gasteiger partial charge < -0.3 is 14.6 Å². The van der Waals surface area contributed by atoms with Gasteiger partial charge in [-0.05, 0) is 25.3 Å². The molecule has 1 N–H and O–H groups in total. The molecule has 108 valence electrons. The van der Waals surface area contributed by atoms with E-state index in [9.17, 15) is 0 Å². The van der Waals surface area contributed by atoms with E-state index in [4.69, 9.17) is 14.6 Å². The lowest BCUT2D eigenvalue weighted by Gasteiger charge is -2.28. The molecule has 0 radical (unpaired) electrons. The first-order valence-corrected chi connectivity index (χ1v) is 7.06. The Morgan fingerprint density at radius 3 is 3.00 bits per heavy atom. The minimum absolute atomic E-state index is 0.0805. The fourth-order valence-corrected chi connectivity index (χ4v) is 2.39. The predicted octanol–water partition coefficient (Wildman–Crippen LogP) is 2.15. The highest BCUT2D eigenvalue weighted by molar-refractivity contribution is 5.36.